The molecule has 0 saturated heterocycles. The van der Waals surface area contributed by atoms with Gasteiger partial charge >= 0.3 is 0 Å². The maximum absolute atomic E-state index is 15.0. The summed E-state index contributed by atoms with van der Waals surface area (Å²) in [7, 11) is 0. The first-order valence-electron chi connectivity index (χ1n) is 11.1. The summed E-state index contributed by atoms with van der Waals surface area (Å²) < 4.78 is 36.4. The Labute approximate surface area is 199 Å². The van der Waals surface area contributed by atoms with Crippen molar-refractivity contribution in [2.75, 3.05) is 18.3 Å². The third-order valence-corrected chi connectivity index (χ3v) is 6.23. The molecule has 0 aliphatic carbocycles. The zero-order valence-electron chi connectivity index (χ0n) is 18.8. The Hall–Kier alpha value is -4.21. The second-order valence-electron chi connectivity index (χ2n) is 8.23. The first kappa shape index (κ1) is 22.6. The molecule has 1 amide bonds. The van der Waals surface area contributed by atoms with Gasteiger partial charge in [0.2, 0.25) is 11.2 Å². The van der Waals surface area contributed by atoms with Crippen LogP contribution in [0.25, 0.3) is 0 Å². The van der Waals surface area contributed by atoms with Gasteiger partial charge in [-0.3, -0.25) is 24.3 Å². The number of halogens is 2. The molecule has 0 unspecified atom stereocenters. The van der Waals surface area contributed by atoms with Gasteiger partial charge in [0, 0.05) is 24.0 Å². The SMILES string of the molecule is CC[C@H]1/C=C\COc2c(ccc(F)c2F)[C@@H](c2ccccn2)N2CN1C(=O)c1c(O)c(=O)ccn12. The number of aromatic nitrogens is 2. The summed E-state index contributed by atoms with van der Waals surface area (Å²) in [6.45, 7) is 1.84. The molecule has 0 fully saturated rings. The summed E-state index contributed by atoms with van der Waals surface area (Å²) in [5, 5.41) is 12.3. The molecule has 5 rings (SSSR count). The number of fused-ring (bicyclic) bond motifs is 5. The van der Waals surface area contributed by atoms with Gasteiger partial charge < -0.3 is 14.7 Å². The molecule has 0 radical (unpaired) electrons. The lowest BCUT2D eigenvalue weighted by Gasteiger charge is -2.45. The topological polar surface area (TPSA) is 87.9 Å². The first-order valence-corrected chi connectivity index (χ1v) is 11.1. The van der Waals surface area contributed by atoms with Crippen LogP contribution in [0.1, 0.15) is 41.1 Å². The van der Waals surface area contributed by atoms with E-state index in [2.05, 4.69) is 4.98 Å². The number of amides is 1. The number of ether oxygens (including phenoxy) is 1. The number of hydrogen-bond donors (Lipinski definition) is 1. The number of pyridine rings is 2. The van der Waals surface area contributed by atoms with E-state index < -0.39 is 40.8 Å². The minimum atomic E-state index is -1.14. The molecule has 0 saturated carbocycles. The van der Waals surface area contributed by atoms with E-state index in [4.69, 9.17) is 4.74 Å². The summed E-state index contributed by atoms with van der Waals surface area (Å²) in [6.07, 6.45) is 6.83. The maximum Gasteiger partial charge on any atom is 0.278 e. The highest BCUT2D eigenvalue weighted by Gasteiger charge is 2.40. The molecular weight excluding hydrogens is 458 g/mol. The second kappa shape index (κ2) is 8.86. The van der Waals surface area contributed by atoms with Gasteiger partial charge in [-0.1, -0.05) is 19.1 Å². The number of carbonyl (C=O) groups excluding carboxylic acids is 1. The fraction of sp³-hybridized carbons (Fsp3) is 0.240. The monoisotopic (exact) mass is 480 g/mol. The average molecular weight is 480 g/mol. The van der Waals surface area contributed by atoms with E-state index in [1.807, 2.05) is 6.92 Å². The van der Waals surface area contributed by atoms with Crippen LogP contribution in [0.4, 0.5) is 8.78 Å². The lowest BCUT2D eigenvalue weighted by Crippen LogP contribution is -2.57. The van der Waals surface area contributed by atoms with Crippen LogP contribution in [0.5, 0.6) is 11.5 Å². The average Bonchev–Trinajstić information content (AvgIpc) is 2.89. The Bertz CT molecular complexity index is 1380. The normalized spacial score (nSPS) is 20.4. The van der Waals surface area contributed by atoms with E-state index >= 15 is 4.39 Å². The Morgan fingerprint density at radius 3 is 2.74 bits per heavy atom. The molecule has 2 aliphatic rings. The van der Waals surface area contributed by atoms with Crippen LogP contribution in [0.2, 0.25) is 0 Å². The van der Waals surface area contributed by atoms with E-state index in [1.54, 1.807) is 41.6 Å². The Balaban J connectivity index is 1.84. The third kappa shape index (κ3) is 3.71. The predicted molar refractivity (Wildman–Crippen MR) is 123 cm³/mol. The number of aromatic hydroxyl groups is 1. The maximum atomic E-state index is 15.0. The summed E-state index contributed by atoms with van der Waals surface area (Å²) in [4.78, 5) is 31.7. The number of carbonyl (C=O) groups is 1. The molecule has 1 N–H and O–H groups in total. The fourth-order valence-corrected chi connectivity index (χ4v) is 4.54. The van der Waals surface area contributed by atoms with Crippen molar-refractivity contribution < 1.29 is 23.4 Å². The van der Waals surface area contributed by atoms with Gasteiger partial charge in [0.15, 0.2) is 23.0 Å². The molecule has 10 heteroatoms. The smallest absolute Gasteiger partial charge is 0.278 e. The van der Waals surface area contributed by atoms with Crippen molar-refractivity contribution >= 4 is 5.91 Å². The van der Waals surface area contributed by atoms with Gasteiger partial charge in [-0.05, 0) is 36.8 Å². The van der Waals surface area contributed by atoms with E-state index in [0.717, 1.165) is 12.1 Å². The molecule has 180 valence electrons. The standard InChI is InChI=1S/C25H22F2N4O4/c1-2-15-6-5-13-35-24-16(8-9-17(26)20(24)27)21(18-7-3-4-11-28-18)31-14-29(15)25(34)22-23(33)19(32)10-12-30(22)31/h3-12,15,21,33H,2,13-14H2,1H3/b6-5-/t15-,21-/m0/s1. The lowest BCUT2D eigenvalue weighted by atomic mass is 10.00. The molecule has 4 heterocycles. The highest BCUT2D eigenvalue weighted by Crippen LogP contribution is 2.38. The highest BCUT2D eigenvalue weighted by molar-refractivity contribution is 5.96. The van der Waals surface area contributed by atoms with Crippen molar-refractivity contribution in [3.63, 3.8) is 0 Å². The number of rotatable bonds is 2. The van der Waals surface area contributed by atoms with E-state index in [1.165, 1.54) is 21.8 Å². The van der Waals surface area contributed by atoms with Crippen molar-refractivity contribution in [3.8, 4) is 11.5 Å². The van der Waals surface area contributed by atoms with Crippen molar-refractivity contribution in [2.24, 2.45) is 0 Å². The van der Waals surface area contributed by atoms with Gasteiger partial charge in [0.1, 0.15) is 19.3 Å². The Morgan fingerprint density at radius 2 is 2.00 bits per heavy atom. The van der Waals surface area contributed by atoms with E-state index in [-0.39, 0.29) is 30.3 Å². The second-order valence-corrected chi connectivity index (χ2v) is 8.23. The molecule has 8 nitrogen and oxygen atoms in total. The molecule has 3 aromatic rings. The van der Waals surface area contributed by atoms with Crippen LogP contribution >= 0.6 is 0 Å². The summed E-state index contributed by atoms with van der Waals surface area (Å²) in [5.74, 6) is -3.71. The number of benzene rings is 1. The highest BCUT2D eigenvalue weighted by atomic mass is 19.2. The summed E-state index contributed by atoms with van der Waals surface area (Å²) in [6, 6.07) is 7.47. The van der Waals surface area contributed by atoms with Crippen molar-refractivity contribution in [2.45, 2.75) is 25.4 Å². The number of nitrogens with zero attached hydrogens (tertiary/aromatic N) is 4. The van der Waals surface area contributed by atoms with Crippen LogP contribution < -0.4 is 15.2 Å². The van der Waals surface area contributed by atoms with E-state index in [0.29, 0.717) is 12.1 Å². The molecule has 2 atom stereocenters. The van der Waals surface area contributed by atoms with Crippen LogP contribution in [0.15, 0.2) is 65.7 Å². The van der Waals surface area contributed by atoms with Crippen molar-refractivity contribution in [1.29, 1.82) is 0 Å². The molecule has 1 aromatic carbocycles. The Kier molecular flexibility index (Phi) is 5.72. The third-order valence-electron chi connectivity index (χ3n) is 6.23. The van der Waals surface area contributed by atoms with Gasteiger partial charge in [-0.15, -0.1) is 0 Å². The fourth-order valence-electron chi connectivity index (χ4n) is 4.54. The van der Waals surface area contributed by atoms with Crippen LogP contribution in [0, 0.1) is 11.6 Å². The minimum absolute atomic E-state index is 0.0106. The molecule has 0 spiro atoms. The van der Waals surface area contributed by atoms with Crippen LogP contribution in [-0.2, 0) is 0 Å². The zero-order chi connectivity index (χ0) is 24.7. The molecule has 2 bridgehead atoms. The van der Waals surface area contributed by atoms with Crippen LogP contribution in [-0.4, -0.2) is 44.9 Å². The van der Waals surface area contributed by atoms with Gasteiger partial charge in [-0.2, -0.15) is 4.39 Å². The Morgan fingerprint density at radius 1 is 1.17 bits per heavy atom. The van der Waals surface area contributed by atoms with E-state index in [9.17, 15) is 19.1 Å². The molecule has 35 heavy (non-hydrogen) atoms. The largest absolute Gasteiger partial charge is 0.502 e. The van der Waals surface area contributed by atoms with Gasteiger partial charge in [0.05, 0.1) is 11.7 Å². The summed E-state index contributed by atoms with van der Waals surface area (Å²) >= 11 is 0. The molecule has 2 aromatic heterocycles. The zero-order valence-corrected chi connectivity index (χ0v) is 18.8. The van der Waals surface area contributed by atoms with Crippen molar-refractivity contribution in [1.82, 2.24) is 14.6 Å². The number of hydrogen-bond acceptors (Lipinski definition) is 6. The summed E-state index contributed by atoms with van der Waals surface area (Å²) in [5.41, 5.74) is -0.196. The minimum Gasteiger partial charge on any atom is -0.502 e. The van der Waals surface area contributed by atoms with Gasteiger partial charge in [0.25, 0.3) is 5.91 Å². The molecule has 2 aliphatic heterocycles. The van der Waals surface area contributed by atoms with Crippen molar-refractivity contribution in [3.05, 3.63) is 99.8 Å². The quantitative estimate of drug-likeness (QED) is 0.568. The van der Waals surface area contributed by atoms with Gasteiger partial charge in [-0.25, -0.2) is 4.39 Å². The predicted octanol–water partition coefficient (Wildman–Crippen LogP) is 3.10. The lowest BCUT2D eigenvalue weighted by molar-refractivity contribution is 0.0625. The molecular formula is C25H22F2N4O4. The van der Waals surface area contributed by atoms with Crippen LogP contribution in [0.3, 0.4) is 0 Å². The first-order chi connectivity index (χ1) is 16.9.